The summed E-state index contributed by atoms with van der Waals surface area (Å²) < 4.78 is 1.23. The number of hydrogen-bond donors (Lipinski definition) is 1. The molecule has 0 radical (unpaired) electrons. The van der Waals surface area contributed by atoms with Crippen LogP contribution < -0.4 is 5.32 Å². The highest BCUT2D eigenvalue weighted by atomic mass is 79.9. The molecular weight excluding hydrogens is 294 g/mol. The van der Waals surface area contributed by atoms with Gasteiger partial charge in [0.1, 0.15) is 0 Å². The summed E-state index contributed by atoms with van der Waals surface area (Å²) in [5, 5.41) is 4.42. The Morgan fingerprint density at radius 3 is 2.94 bits per heavy atom. The molecule has 94 valence electrons. The van der Waals surface area contributed by atoms with Crippen molar-refractivity contribution in [1.29, 1.82) is 0 Å². The van der Waals surface area contributed by atoms with Crippen molar-refractivity contribution in [3.05, 3.63) is 28.7 Å². The van der Waals surface area contributed by atoms with Crippen LogP contribution >= 0.6 is 27.7 Å². The van der Waals surface area contributed by atoms with E-state index < -0.39 is 0 Å². The zero-order valence-electron chi connectivity index (χ0n) is 10.3. The molecule has 0 saturated heterocycles. The first-order chi connectivity index (χ1) is 8.31. The first kappa shape index (κ1) is 13.4. The van der Waals surface area contributed by atoms with Gasteiger partial charge in [-0.3, -0.25) is 0 Å². The van der Waals surface area contributed by atoms with Crippen LogP contribution in [-0.4, -0.2) is 17.8 Å². The maximum absolute atomic E-state index is 3.68. The standard InChI is InChI=1S/C14H20BrNS/c1-2-10-16-12-7-5-9-14(12)17-13-8-4-3-6-11(13)15/h3-4,6,8,12,14,16H,2,5,7,9-10H2,1H3. The molecule has 3 heteroatoms. The van der Waals surface area contributed by atoms with Crippen LogP contribution in [-0.2, 0) is 0 Å². The van der Waals surface area contributed by atoms with Crippen molar-refractivity contribution >= 4 is 27.7 Å². The third-order valence-corrected chi connectivity index (χ3v) is 5.65. The van der Waals surface area contributed by atoms with E-state index in [4.69, 9.17) is 0 Å². The number of thioether (sulfide) groups is 1. The van der Waals surface area contributed by atoms with Gasteiger partial charge in [0.2, 0.25) is 0 Å². The van der Waals surface area contributed by atoms with Gasteiger partial charge < -0.3 is 5.32 Å². The van der Waals surface area contributed by atoms with E-state index in [9.17, 15) is 0 Å². The number of hydrogen-bond acceptors (Lipinski definition) is 2. The fourth-order valence-corrected chi connectivity index (χ4v) is 4.24. The second kappa shape index (κ2) is 6.81. The Labute approximate surface area is 117 Å². The van der Waals surface area contributed by atoms with E-state index in [1.807, 2.05) is 11.8 Å². The van der Waals surface area contributed by atoms with Crippen LogP contribution in [0.1, 0.15) is 32.6 Å². The largest absolute Gasteiger partial charge is 0.313 e. The van der Waals surface area contributed by atoms with Crippen LogP contribution in [0.3, 0.4) is 0 Å². The van der Waals surface area contributed by atoms with E-state index in [1.54, 1.807) is 0 Å². The Balaban J connectivity index is 1.95. The summed E-state index contributed by atoms with van der Waals surface area (Å²) in [5.41, 5.74) is 0. The highest BCUT2D eigenvalue weighted by molar-refractivity contribution is 9.10. The lowest BCUT2D eigenvalue weighted by Gasteiger charge is -2.20. The lowest BCUT2D eigenvalue weighted by molar-refractivity contribution is 0.531. The molecule has 1 fully saturated rings. The minimum atomic E-state index is 0.701. The minimum absolute atomic E-state index is 0.701. The maximum atomic E-state index is 3.68. The molecule has 1 aliphatic carbocycles. The van der Waals surface area contributed by atoms with Crippen LogP contribution in [0.15, 0.2) is 33.6 Å². The third-order valence-electron chi connectivity index (χ3n) is 3.22. The fourth-order valence-electron chi connectivity index (χ4n) is 2.33. The highest BCUT2D eigenvalue weighted by Crippen LogP contribution is 2.38. The van der Waals surface area contributed by atoms with Crippen molar-refractivity contribution in [2.45, 2.75) is 48.8 Å². The van der Waals surface area contributed by atoms with Gasteiger partial charge in [0.25, 0.3) is 0 Å². The first-order valence-electron chi connectivity index (χ1n) is 6.46. The monoisotopic (exact) mass is 313 g/mol. The molecule has 1 nitrogen and oxygen atoms in total. The number of halogens is 1. The Hall–Kier alpha value is 0.01000. The summed E-state index contributed by atoms with van der Waals surface area (Å²) in [7, 11) is 0. The lowest BCUT2D eigenvalue weighted by atomic mass is 10.2. The van der Waals surface area contributed by atoms with Crippen molar-refractivity contribution in [2.75, 3.05) is 6.54 Å². The van der Waals surface area contributed by atoms with Crippen molar-refractivity contribution in [2.24, 2.45) is 0 Å². The molecule has 1 aliphatic rings. The summed E-state index contributed by atoms with van der Waals surface area (Å²) in [6.07, 6.45) is 5.27. The molecule has 2 rings (SSSR count). The van der Waals surface area contributed by atoms with Gasteiger partial charge in [-0.05, 0) is 53.9 Å². The predicted molar refractivity (Wildman–Crippen MR) is 79.7 cm³/mol. The molecule has 2 unspecified atom stereocenters. The van der Waals surface area contributed by atoms with E-state index >= 15 is 0 Å². The maximum Gasteiger partial charge on any atom is 0.0311 e. The Kier molecular flexibility index (Phi) is 5.39. The van der Waals surface area contributed by atoms with Gasteiger partial charge in [-0.1, -0.05) is 25.5 Å². The van der Waals surface area contributed by atoms with Gasteiger partial charge in [-0.2, -0.15) is 0 Å². The smallest absolute Gasteiger partial charge is 0.0311 e. The zero-order valence-corrected chi connectivity index (χ0v) is 12.7. The van der Waals surface area contributed by atoms with Crippen LogP contribution in [0, 0.1) is 0 Å². The molecule has 0 bridgehead atoms. The van der Waals surface area contributed by atoms with Gasteiger partial charge >= 0.3 is 0 Å². The van der Waals surface area contributed by atoms with Crippen LogP contribution in [0.2, 0.25) is 0 Å². The van der Waals surface area contributed by atoms with Gasteiger partial charge in [-0.25, -0.2) is 0 Å². The predicted octanol–water partition coefficient (Wildman–Crippen LogP) is 4.46. The molecule has 1 N–H and O–H groups in total. The van der Waals surface area contributed by atoms with Crippen LogP contribution in [0.5, 0.6) is 0 Å². The Morgan fingerprint density at radius 2 is 2.18 bits per heavy atom. The van der Waals surface area contributed by atoms with Gasteiger partial charge in [0, 0.05) is 20.7 Å². The zero-order chi connectivity index (χ0) is 12.1. The average Bonchev–Trinajstić information content (AvgIpc) is 2.77. The first-order valence-corrected chi connectivity index (χ1v) is 8.13. The highest BCUT2D eigenvalue weighted by Gasteiger charge is 2.27. The van der Waals surface area contributed by atoms with Crippen molar-refractivity contribution < 1.29 is 0 Å². The van der Waals surface area contributed by atoms with E-state index in [1.165, 1.54) is 35.1 Å². The third kappa shape index (κ3) is 3.73. The summed E-state index contributed by atoms with van der Waals surface area (Å²) in [6, 6.07) is 9.24. The van der Waals surface area contributed by atoms with Gasteiger partial charge in [0.15, 0.2) is 0 Å². The molecule has 1 saturated carbocycles. The molecule has 0 amide bonds. The summed E-state index contributed by atoms with van der Waals surface area (Å²) in [5.74, 6) is 0. The molecular formula is C14H20BrNS. The van der Waals surface area contributed by atoms with E-state index in [-0.39, 0.29) is 0 Å². The molecule has 0 spiro atoms. The molecule has 17 heavy (non-hydrogen) atoms. The van der Waals surface area contributed by atoms with Crippen molar-refractivity contribution in [1.82, 2.24) is 5.32 Å². The van der Waals surface area contributed by atoms with Crippen LogP contribution in [0.4, 0.5) is 0 Å². The Morgan fingerprint density at radius 1 is 1.35 bits per heavy atom. The molecule has 1 aromatic rings. The number of rotatable bonds is 5. The molecule has 2 atom stereocenters. The van der Waals surface area contributed by atoms with Crippen LogP contribution in [0.25, 0.3) is 0 Å². The summed E-state index contributed by atoms with van der Waals surface area (Å²) in [6.45, 7) is 3.38. The summed E-state index contributed by atoms with van der Waals surface area (Å²) >= 11 is 5.66. The molecule has 1 aromatic carbocycles. The molecule has 0 heterocycles. The second-order valence-electron chi connectivity index (χ2n) is 4.58. The average molecular weight is 314 g/mol. The van der Waals surface area contributed by atoms with Gasteiger partial charge in [-0.15, -0.1) is 11.8 Å². The SMILES string of the molecule is CCCNC1CCCC1Sc1ccccc1Br. The Bertz CT molecular complexity index is 356. The molecule has 0 aromatic heterocycles. The fraction of sp³-hybridized carbons (Fsp3) is 0.571. The van der Waals surface area contributed by atoms with E-state index in [0.29, 0.717) is 6.04 Å². The van der Waals surface area contributed by atoms with E-state index in [2.05, 4.69) is 52.4 Å². The summed E-state index contributed by atoms with van der Waals surface area (Å²) in [4.78, 5) is 1.38. The number of nitrogens with one attached hydrogen (secondary N) is 1. The number of benzene rings is 1. The lowest BCUT2D eigenvalue weighted by Crippen LogP contribution is -2.34. The quantitative estimate of drug-likeness (QED) is 0.861. The minimum Gasteiger partial charge on any atom is -0.313 e. The van der Waals surface area contributed by atoms with Crippen molar-refractivity contribution in [3.8, 4) is 0 Å². The second-order valence-corrected chi connectivity index (χ2v) is 6.71. The van der Waals surface area contributed by atoms with Gasteiger partial charge in [0.05, 0.1) is 0 Å². The van der Waals surface area contributed by atoms with E-state index in [0.717, 1.165) is 11.8 Å². The normalized spacial score (nSPS) is 24.1. The molecule has 0 aliphatic heterocycles. The van der Waals surface area contributed by atoms with Crippen molar-refractivity contribution in [3.63, 3.8) is 0 Å². The topological polar surface area (TPSA) is 12.0 Å².